The van der Waals surface area contributed by atoms with Gasteiger partial charge in [-0.3, -0.25) is 4.72 Å². The molecule has 1 unspecified atom stereocenters. The van der Waals surface area contributed by atoms with E-state index in [0.29, 0.717) is 13.2 Å². The fourth-order valence-electron chi connectivity index (χ4n) is 3.63. The van der Waals surface area contributed by atoms with Crippen LogP contribution in [0.15, 0.2) is 60.7 Å². The van der Waals surface area contributed by atoms with E-state index in [2.05, 4.69) is 21.1 Å². The SMILES string of the molecule is CS(=O)(=O)Nc1cccc(C(O)CNCCOc2ccc3c(c2)[nH]c2ccccc23)c1O. The molecule has 4 rings (SSSR count). The molecule has 5 N–H and O–H groups in total. The van der Waals surface area contributed by atoms with E-state index in [4.69, 9.17) is 4.74 Å². The van der Waals surface area contributed by atoms with Gasteiger partial charge in [-0.2, -0.15) is 0 Å². The van der Waals surface area contributed by atoms with E-state index in [1.807, 2.05) is 36.4 Å². The zero-order valence-corrected chi connectivity index (χ0v) is 18.3. The molecular weight excluding hydrogens is 430 g/mol. The molecule has 1 heterocycles. The Morgan fingerprint density at radius 2 is 1.81 bits per heavy atom. The normalized spacial score (nSPS) is 12.8. The molecule has 32 heavy (non-hydrogen) atoms. The highest BCUT2D eigenvalue weighted by Crippen LogP contribution is 2.32. The summed E-state index contributed by atoms with van der Waals surface area (Å²) in [6.07, 6.45) is -0.0218. The number of hydrogen-bond donors (Lipinski definition) is 5. The Morgan fingerprint density at radius 3 is 2.62 bits per heavy atom. The number of aromatic amines is 1. The number of para-hydroxylation sites is 2. The topological polar surface area (TPSA) is 124 Å². The third-order valence-electron chi connectivity index (χ3n) is 5.08. The van der Waals surface area contributed by atoms with Crippen molar-refractivity contribution < 1.29 is 23.4 Å². The first kappa shape index (κ1) is 21.9. The first-order valence-electron chi connectivity index (χ1n) is 10.1. The summed E-state index contributed by atoms with van der Waals surface area (Å²) in [4.78, 5) is 3.38. The van der Waals surface area contributed by atoms with Crippen LogP contribution in [0.1, 0.15) is 11.7 Å². The quantitative estimate of drug-likeness (QED) is 0.195. The number of fused-ring (bicyclic) bond motifs is 3. The lowest BCUT2D eigenvalue weighted by molar-refractivity contribution is 0.168. The van der Waals surface area contributed by atoms with Crippen molar-refractivity contribution in [1.82, 2.24) is 10.3 Å². The Hall–Kier alpha value is -3.27. The van der Waals surface area contributed by atoms with Crippen molar-refractivity contribution in [3.8, 4) is 11.5 Å². The van der Waals surface area contributed by atoms with Gasteiger partial charge < -0.3 is 25.3 Å². The van der Waals surface area contributed by atoms with Gasteiger partial charge in [-0.05, 0) is 24.3 Å². The number of phenols is 1. The number of rotatable bonds is 9. The molecular formula is C23H25N3O5S. The molecule has 0 saturated heterocycles. The summed E-state index contributed by atoms with van der Waals surface area (Å²) in [5.41, 5.74) is 2.34. The molecule has 1 aromatic heterocycles. The largest absolute Gasteiger partial charge is 0.505 e. The van der Waals surface area contributed by atoms with Gasteiger partial charge in [0.25, 0.3) is 0 Å². The predicted octanol–water partition coefficient (Wildman–Crippen LogP) is 3.10. The van der Waals surface area contributed by atoms with E-state index in [-0.39, 0.29) is 23.5 Å². The zero-order valence-electron chi connectivity index (χ0n) is 17.5. The lowest BCUT2D eigenvalue weighted by Gasteiger charge is -2.16. The van der Waals surface area contributed by atoms with Crippen LogP contribution in [-0.4, -0.2) is 49.6 Å². The first-order valence-corrected chi connectivity index (χ1v) is 12.0. The van der Waals surface area contributed by atoms with Crippen molar-refractivity contribution in [3.63, 3.8) is 0 Å². The maximum atomic E-state index is 11.4. The van der Waals surface area contributed by atoms with E-state index in [0.717, 1.165) is 28.4 Å². The minimum Gasteiger partial charge on any atom is -0.505 e. The molecule has 0 bridgehead atoms. The average Bonchev–Trinajstić information content (AvgIpc) is 3.11. The standard InChI is InChI=1S/C23H25N3O5S/c1-32(29,30)26-20-8-4-6-18(23(20)28)22(27)14-24-11-12-31-15-9-10-17-16-5-2-3-7-19(16)25-21(17)13-15/h2-10,13,22,24-28H,11-12,14H2,1H3. The van der Waals surface area contributed by atoms with Crippen molar-refractivity contribution >= 4 is 37.5 Å². The average molecular weight is 456 g/mol. The predicted molar refractivity (Wildman–Crippen MR) is 126 cm³/mol. The number of ether oxygens (including phenoxy) is 1. The van der Waals surface area contributed by atoms with Crippen LogP contribution in [0.4, 0.5) is 5.69 Å². The van der Waals surface area contributed by atoms with E-state index in [9.17, 15) is 18.6 Å². The smallest absolute Gasteiger partial charge is 0.229 e. The number of H-pyrrole nitrogens is 1. The summed E-state index contributed by atoms with van der Waals surface area (Å²) in [5.74, 6) is 0.443. The number of nitrogens with one attached hydrogen (secondary N) is 3. The van der Waals surface area contributed by atoms with E-state index in [1.54, 1.807) is 12.1 Å². The van der Waals surface area contributed by atoms with Crippen molar-refractivity contribution in [2.24, 2.45) is 0 Å². The highest BCUT2D eigenvalue weighted by atomic mass is 32.2. The number of hydrogen-bond acceptors (Lipinski definition) is 6. The maximum absolute atomic E-state index is 11.4. The first-order chi connectivity index (χ1) is 15.3. The van der Waals surface area contributed by atoms with Crippen LogP contribution in [-0.2, 0) is 10.0 Å². The van der Waals surface area contributed by atoms with Gasteiger partial charge in [0.05, 0.1) is 23.6 Å². The number of aliphatic hydroxyl groups is 1. The number of sulfonamides is 1. The molecule has 0 fully saturated rings. The second-order valence-corrected chi connectivity index (χ2v) is 9.31. The highest BCUT2D eigenvalue weighted by molar-refractivity contribution is 7.92. The van der Waals surface area contributed by atoms with Crippen LogP contribution >= 0.6 is 0 Å². The summed E-state index contributed by atoms with van der Waals surface area (Å²) >= 11 is 0. The third kappa shape index (κ3) is 4.96. The lowest BCUT2D eigenvalue weighted by Crippen LogP contribution is -2.26. The minimum atomic E-state index is -3.54. The monoisotopic (exact) mass is 455 g/mol. The molecule has 168 valence electrons. The number of anilines is 1. The molecule has 0 aliphatic carbocycles. The molecule has 0 aliphatic heterocycles. The number of aliphatic hydroxyl groups excluding tert-OH is 1. The van der Waals surface area contributed by atoms with E-state index < -0.39 is 16.1 Å². The van der Waals surface area contributed by atoms with Crippen molar-refractivity contribution in [3.05, 3.63) is 66.2 Å². The van der Waals surface area contributed by atoms with Gasteiger partial charge in [-0.25, -0.2) is 8.42 Å². The number of phenolic OH excluding ortho intramolecular Hbond substituents is 1. The molecule has 0 amide bonds. The molecule has 8 nitrogen and oxygen atoms in total. The van der Waals surface area contributed by atoms with Gasteiger partial charge >= 0.3 is 0 Å². The van der Waals surface area contributed by atoms with Crippen LogP contribution < -0.4 is 14.8 Å². The van der Waals surface area contributed by atoms with Crippen molar-refractivity contribution in [2.45, 2.75) is 6.10 Å². The Morgan fingerprint density at radius 1 is 1.03 bits per heavy atom. The molecule has 0 saturated carbocycles. The minimum absolute atomic E-state index is 0.0275. The van der Waals surface area contributed by atoms with Crippen LogP contribution in [0.3, 0.4) is 0 Å². The maximum Gasteiger partial charge on any atom is 0.229 e. The molecule has 4 aromatic rings. The van der Waals surface area contributed by atoms with Gasteiger partial charge in [0.1, 0.15) is 18.1 Å². The van der Waals surface area contributed by atoms with Gasteiger partial charge in [-0.15, -0.1) is 0 Å². The number of aromatic hydroxyl groups is 1. The third-order valence-corrected chi connectivity index (χ3v) is 5.68. The molecule has 9 heteroatoms. The van der Waals surface area contributed by atoms with Crippen LogP contribution in [0.2, 0.25) is 0 Å². The van der Waals surface area contributed by atoms with E-state index >= 15 is 0 Å². The van der Waals surface area contributed by atoms with Crippen molar-refractivity contribution in [2.75, 3.05) is 30.7 Å². The van der Waals surface area contributed by atoms with Gasteiger partial charge in [0, 0.05) is 41.0 Å². The second-order valence-electron chi connectivity index (χ2n) is 7.56. The Kier molecular flexibility index (Phi) is 6.22. The summed E-state index contributed by atoms with van der Waals surface area (Å²) in [6.45, 7) is 1.03. The second kappa shape index (κ2) is 9.07. The summed E-state index contributed by atoms with van der Waals surface area (Å²) in [7, 11) is -3.54. The fraction of sp³-hybridized carbons (Fsp3) is 0.217. The Bertz CT molecular complexity index is 1350. The Balaban J connectivity index is 1.30. The number of benzene rings is 3. The summed E-state index contributed by atoms with van der Waals surface area (Å²) in [6, 6.07) is 18.6. The molecule has 0 radical (unpaired) electrons. The molecule has 3 aromatic carbocycles. The van der Waals surface area contributed by atoms with Gasteiger partial charge in [0.15, 0.2) is 0 Å². The van der Waals surface area contributed by atoms with Crippen molar-refractivity contribution in [1.29, 1.82) is 0 Å². The Labute approximate surface area is 185 Å². The van der Waals surface area contributed by atoms with Crippen LogP contribution in [0.5, 0.6) is 11.5 Å². The highest BCUT2D eigenvalue weighted by Gasteiger charge is 2.16. The zero-order chi connectivity index (χ0) is 22.7. The molecule has 1 atom stereocenters. The summed E-state index contributed by atoms with van der Waals surface area (Å²) < 4.78 is 30.8. The van der Waals surface area contributed by atoms with Crippen LogP contribution in [0.25, 0.3) is 21.8 Å². The molecule has 0 spiro atoms. The molecule has 0 aliphatic rings. The van der Waals surface area contributed by atoms with Gasteiger partial charge in [-0.1, -0.05) is 30.3 Å². The van der Waals surface area contributed by atoms with Gasteiger partial charge in [0.2, 0.25) is 10.0 Å². The summed E-state index contributed by atoms with van der Waals surface area (Å²) in [5, 5.41) is 26.0. The number of aromatic nitrogens is 1. The van der Waals surface area contributed by atoms with E-state index in [1.165, 1.54) is 11.5 Å². The van der Waals surface area contributed by atoms with Crippen LogP contribution in [0, 0.1) is 0 Å². The fourth-order valence-corrected chi connectivity index (χ4v) is 4.19. The lowest BCUT2D eigenvalue weighted by atomic mass is 10.1.